The zero-order valence-corrected chi connectivity index (χ0v) is 21.0. The molecular formula is C21H41IN6O. The van der Waals surface area contributed by atoms with Crippen molar-refractivity contribution in [2.45, 2.75) is 91.3 Å². The highest BCUT2D eigenvalue weighted by Gasteiger charge is 2.14. The van der Waals surface area contributed by atoms with Crippen LogP contribution in [0.3, 0.4) is 0 Å². The largest absolute Gasteiger partial charge is 0.376 e. The Balaban J connectivity index is 0.00000420. The number of aromatic nitrogens is 3. The smallest absolute Gasteiger partial charge is 0.191 e. The fourth-order valence-corrected chi connectivity index (χ4v) is 3.47. The Morgan fingerprint density at radius 1 is 1.31 bits per heavy atom. The molecule has 0 radical (unpaired) electrons. The topological polar surface area (TPSA) is 76.4 Å². The number of nitrogens with zero attached hydrogens (tertiary/aromatic N) is 4. The number of aliphatic imine (C=N–C) groups is 1. The Bertz CT molecular complexity index is 571. The predicted octanol–water partition coefficient (Wildman–Crippen LogP) is 3.78. The summed E-state index contributed by atoms with van der Waals surface area (Å²) in [5.41, 5.74) is 0. The van der Waals surface area contributed by atoms with Crippen LogP contribution in [0.25, 0.3) is 0 Å². The fourth-order valence-electron chi connectivity index (χ4n) is 3.47. The number of aryl methyl sites for hydroxylation is 1. The summed E-state index contributed by atoms with van der Waals surface area (Å²) in [5, 5.41) is 15.2. The van der Waals surface area contributed by atoms with Crippen LogP contribution in [0.5, 0.6) is 0 Å². The summed E-state index contributed by atoms with van der Waals surface area (Å²) in [5.74, 6) is 2.67. The molecule has 0 amide bonds. The molecule has 0 aromatic carbocycles. The molecule has 1 aromatic heterocycles. The summed E-state index contributed by atoms with van der Waals surface area (Å²) in [6.07, 6.45) is 10.2. The van der Waals surface area contributed by atoms with E-state index in [9.17, 15) is 0 Å². The standard InChI is InChI=1S/C21H40N6O.HI/c1-5-20-26-24-16-27(20)13-12-22-21(23-15-19-11-6-7-14-28-19)25-18(4)10-8-9-17(2)3;/h16-19H,5-15H2,1-4H3,(H2,22,23,25);1H. The molecule has 2 N–H and O–H groups in total. The third kappa shape index (κ3) is 10.6. The molecule has 1 saturated heterocycles. The van der Waals surface area contributed by atoms with Crippen LogP contribution in [0, 0.1) is 5.92 Å². The molecule has 1 aromatic rings. The van der Waals surface area contributed by atoms with Gasteiger partial charge in [0.2, 0.25) is 0 Å². The van der Waals surface area contributed by atoms with Crippen molar-refractivity contribution in [1.29, 1.82) is 0 Å². The van der Waals surface area contributed by atoms with Crippen molar-refractivity contribution in [3.8, 4) is 0 Å². The summed E-state index contributed by atoms with van der Waals surface area (Å²) in [7, 11) is 0. The molecule has 0 aliphatic carbocycles. The van der Waals surface area contributed by atoms with Gasteiger partial charge in [0.1, 0.15) is 12.2 Å². The normalized spacial score (nSPS) is 18.4. The highest BCUT2D eigenvalue weighted by molar-refractivity contribution is 14.0. The maximum absolute atomic E-state index is 5.83. The van der Waals surface area contributed by atoms with E-state index in [1.165, 1.54) is 25.7 Å². The number of hydrogen-bond donors (Lipinski definition) is 2. The Labute approximate surface area is 193 Å². The highest BCUT2D eigenvalue weighted by Crippen LogP contribution is 2.13. The Kier molecular flexibility index (Phi) is 13.5. The molecule has 0 bridgehead atoms. The second-order valence-corrected chi connectivity index (χ2v) is 8.27. The second-order valence-electron chi connectivity index (χ2n) is 8.27. The van der Waals surface area contributed by atoms with E-state index in [2.05, 4.69) is 53.1 Å². The minimum Gasteiger partial charge on any atom is -0.376 e. The van der Waals surface area contributed by atoms with Crippen LogP contribution in [-0.2, 0) is 17.7 Å². The maximum atomic E-state index is 5.83. The van der Waals surface area contributed by atoms with Gasteiger partial charge in [-0.15, -0.1) is 34.2 Å². The van der Waals surface area contributed by atoms with E-state index >= 15 is 0 Å². The lowest BCUT2D eigenvalue weighted by molar-refractivity contribution is 0.0224. The first kappa shape index (κ1) is 26.1. The van der Waals surface area contributed by atoms with Crippen molar-refractivity contribution in [1.82, 2.24) is 25.4 Å². The molecule has 2 atom stereocenters. The van der Waals surface area contributed by atoms with Gasteiger partial charge in [0.15, 0.2) is 5.96 Å². The van der Waals surface area contributed by atoms with E-state index in [1.54, 1.807) is 6.33 Å². The van der Waals surface area contributed by atoms with Crippen molar-refractivity contribution in [3.05, 3.63) is 12.2 Å². The SMILES string of the molecule is CCc1nncn1CCNC(=NCC1CCCCO1)NC(C)CCCC(C)C.I. The summed E-state index contributed by atoms with van der Waals surface area (Å²) < 4.78 is 7.93. The predicted molar refractivity (Wildman–Crippen MR) is 130 cm³/mol. The average Bonchev–Trinajstić information content (AvgIpc) is 3.14. The fraction of sp³-hybridized carbons (Fsp3) is 0.857. The van der Waals surface area contributed by atoms with E-state index in [0.29, 0.717) is 6.04 Å². The number of guanidine groups is 1. The average molecular weight is 521 g/mol. The van der Waals surface area contributed by atoms with Crippen molar-refractivity contribution in [2.24, 2.45) is 10.9 Å². The molecule has 2 rings (SSSR count). The van der Waals surface area contributed by atoms with Gasteiger partial charge in [0.25, 0.3) is 0 Å². The van der Waals surface area contributed by atoms with Crippen molar-refractivity contribution in [2.75, 3.05) is 19.7 Å². The Morgan fingerprint density at radius 2 is 2.14 bits per heavy atom. The van der Waals surface area contributed by atoms with Crippen molar-refractivity contribution >= 4 is 29.9 Å². The molecule has 0 spiro atoms. The Hall–Kier alpha value is -0.900. The third-order valence-corrected chi connectivity index (χ3v) is 5.19. The molecule has 2 unspecified atom stereocenters. The number of ether oxygens (including phenoxy) is 1. The molecule has 8 heteroatoms. The van der Waals surface area contributed by atoms with Crippen LogP contribution in [-0.4, -0.2) is 52.6 Å². The lowest BCUT2D eigenvalue weighted by atomic mass is 10.0. The lowest BCUT2D eigenvalue weighted by Gasteiger charge is -2.23. The number of halogens is 1. The van der Waals surface area contributed by atoms with E-state index in [1.807, 2.05) is 0 Å². The van der Waals surface area contributed by atoms with Gasteiger partial charge in [-0.2, -0.15) is 0 Å². The number of rotatable bonds is 11. The van der Waals surface area contributed by atoms with Gasteiger partial charge in [-0.1, -0.05) is 33.6 Å². The van der Waals surface area contributed by atoms with Crippen LogP contribution < -0.4 is 10.6 Å². The first-order chi connectivity index (χ1) is 13.6. The van der Waals surface area contributed by atoms with Gasteiger partial charge in [0, 0.05) is 32.2 Å². The van der Waals surface area contributed by atoms with E-state index in [4.69, 9.17) is 9.73 Å². The molecule has 1 fully saturated rings. The first-order valence-corrected chi connectivity index (χ1v) is 11.1. The Morgan fingerprint density at radius 3 is 2.83 bits per heavy atom. The van der Waals surface area contributed by atoms with E-state index < -0.39 is 0 Å². The monoisotopic (exact) mass is 520 g/mol. The van der Waals surface area contributed by atoms with Crippen LogP contribution >= 0.6 is 24.0 Å². The maximum Gasteiger partial charge on any atom is 0.191 e. The van der Waals surface area contributed by atoms with Crippen molar-refractivity contribution < 1.29 is 4.74 Å². The minimum absolute atomic E-state index is 0. The van der Waals surface area contributed by atoms with Gasteiger partial charge in [-0.25, -0.2) is 0 Å². The van der Waals surface area contributed by atoms with E-state index in [0.717, 1.165) is 63.2 Å². The summed E-state index contributed by atoms with van der Waals surface area (Å²) in [4.78, 5) is 4.82. The zero-order valence-electron chi connectivity index (χ0n) is 18.7. The van der Waals surface area contributed by atoms with E-state index in [-0.39, 0.29) is 30.1 Å². The molecule has 1 aliphatic rings. The molecular weight excluding hydrogens is 479 g/mol. The molecule has 168 valence electrons. The minimum atomic E-state index is 0. The van der Waals surface area contributed by atoms with Crippen LogP contribution in [0.2, 0.25) is 0 Å². The van der Waals surface area contributed by atoms with Crippen LogP contribution in [0.15, 0.2) is 11.3 Å². The van der Waals surface area contributed by atoms with Gasteiger partial charge < -0.3 is 19.9 Å². The van der Waals surface area contributed by atoms with Gasteiger partial charge >= 0.3 is 0 Å². The molecule has 7 nitrogen and oxygen atoms in total. The zero-order chi connectivity index (χ0) is 20.2. The van der Waals surface area contributed by atoms with Gasteiger partial charge in [0.05, 0.1) is 12.6 Å². The van der Waals surface area contributed by atoms with Crippen LogP contribution in [0.1, 0.15) is 72.0 Å². The quantitative estimate of drug-likeness (QED) is 0.264. The number of nitrogens with one attached hydrogen (secondary N) is 2. The molecule has 2 heterocycles. The molecule has 1 aliphatic heterocycles. The van der Waals surface area contributed by atoms with Gasteiger partial charge in [-0.3, -0.25) is 4.99 Å². The first-order valence-electron chi connectivity index (χ1n) is 11.1. The lowest BCUT2D eigenvalue weighted by Crippen LogP contribution is -2.44. The van der Waals surface area contributed by atoms with Gasteiger partial charge in [-0.05, 0) is 38.5 Å². The third-order valence-electron chi connectivity index (χ3n) is 5.19. The molecule has 0 saturated carbocycles. The highest BCUT2D eigenvalue weighted by atomic mass is 127. The second kappa shape index (κ2) is 15.0. The number of hydrogen-bond acceptors (Lipinski definition) is 4. The summed E-state index contributed by atoms with van der Waals surface area (Å²) >= 11 is 0. The summed E-state index contributed by atoms with van der Waals surface area (Å²) in [6, 6.07) is 0.401. The summed E-state index contributed by atoms with van der Waals surface area (Å²) in [6.45, 7) is 12.1. The van der Waals surface area contributed by atoms with Crippen LogP contribution in [0.4, 0.5) is 0 Å². The molecule has 29 heavy (non-hydrogen) atoms. The van der Waals surface area contributed by atoms with Crippen molar-refractivity contribution in [3.63, 3.8) is 0 Å².